The predicted octanol–water partition coefficient (Wildman–Crippen LogP) is 3.25. The summed E-state index contributed by atoms with van der Waals surface area (Å²) < 4.78 is 4.65. The van der Waals surface area contributed by atoms with Crippen LogP contribution in [0.15, 0.2) is 29.3 Å². The van der Waals surface area contributed by atoms with Crippen LogP contribution in [0.3, 0.4) is 0 Å². The highest BCUT2D eigenvalue weighted by Gasteiger charge is 2.14. The highest BCUT2D eigenvalue weighted by Crippen LogP contribution is 2.23. The molecule has 1 unspecified atom stereocenters. The zero-order valence-electron chi connectivity index (χ0n) is 17.0. The number of ether oxygens (including phenoxy) is 1. The second kappa shape index (κ2) is 11.5. The number of nitrogens with one attached hydrogen (secondary N) is 2. The average Bonchev–Trinajstić information content (AvgIpc) is 3.24. The number of nitrogens with zero attached hydrogens (tertiary/aromatic N) is 2. The molecular formula is C21H34N4O2. The van der Waals surface area contributed by atoms with Crippen LogP contribution in [0.4, 0.5) is 5.69 Å². The first-order valence-corrected chi connectivity index (χ1v) is 10.0. The van der Waals surface area contributed by atoms with Crippen molar-refractivity contribution in [2.75, 3.05) is 38.7 Å². The number of methoxy groups -OCH3 is 1. The van der Waals surface area contributed by atoms with E-state index in [4.69, 9.17) is 0 Å². The summed E-state index contributed by atoms with van der Waals surface area (Å²) in [4.78, 5) is 17.9. The summed E-state index contributed by atoms with van der Waals surface area (Å²) >= 11 is 0. The minimum absolute atomic E-state index is 0.134. The van der Waals surface area contributed by atoms with Crippen molar-refractivity contribution in [3.63, 3.8) is 0 Å². The van der Waals surface area contributed by atoms with E-state index in [1.807, 2.05) is 0 Å². The van der Waals surface area contributed by atoms with Gasteiger partial charge in [-0.3, -0.25) is 9.79 Å². The van der Waals surface area contributed by atoms with Gasteiger partial charge in [0.1, 0.15) is 0 Å². The van der Waals surface area contributed by atoms with Gasteiger partial charge in [-0.2, -0.15) is 0 Å². The van der Waals surface area contributed by atoms with Crippen molar-refractivity contribution in [2.45, 2.75) is 51.5 Å². The summed E-state index contributed by atoms with van der Waals surface area (Å²) in [7, 11) is 3.22. The van der Waals surface area contributed by atoms with Gasteiger partial charge in [-0.25, -0.2) is 0 Å². The van der Waals surface area contributed by atoms with Crippen LogP contribution in [-0.2, 0) is 9.53 Å². The first kappa shape index (κ1) is 21.1. The number of esters is 1. The molecule has 0 spiro atoms. The zero-order valence-corrected chi connectivity index (χ0v) is 17.0. The van der Waals surface area contributed by atoms with E-state index in [-0.39, 0.29) is 12.0 Å². The lowest BCUT2D eigenvalue weighted by molar-refractivity contribution is -0.140. The number of anilines is 1. The largest absolute Gasteiger partial charge is 0.469 e. The summed E-state index contributed by atoms with van der Waals surface area (Å²) in [5.41, 5.74) is 2.58. The monoisotopic (exact) mass is 374 g/mol. The van der Waals surface area contributed by atoms with Crippen LogP contribution in [0.1, 0.15) is 57.1 Å². The molecule has 27 heavy (non-hydrogen) atoms. The van der Waals surface area contributed by atoms with Crippen LogP contribution in [-0.4, -0.2) is 45.7 Å². The van der Waals surface area contributed by atoms with Crippen molar-refractivity contribution in [3.05, 3.63) is 29.8 Å². The number of carbonyl (C=O) groups excluding carboxylic acids is 1. The molecule has 1 heterocycles. The fourth-order valence-corrected chi connectivity index (χ4v) is 3.33. The molecule has 6 heteroatoms. The van der Waals surface area contributed by atoms with Gasteiger partial charge in [0.2, 0.25) is 0 Å². The molecule has 2 N–H and O–H groups in total. The number of carbonyl (C=O) groups is 1. The molecule has 1 aromatic carbocycles. The van der Waals surface area contributed by atoms with Gasteiger partial charge in [0.25, 0.3) is 0 Å². The van der Waals surface area contributed by atoms with Crippen LogP contribution in [0.25, 0.3) is 0 Å². The Balaban J connectivity index is 1.75. The molecule has 0 amide bonds. The van der Waals surface area contributed by atoms with Crippen LogP contribution in [0.5, 0.6) is 0 Å². The summed E-state index contributed by atoms with van der Waals surface area (Å²) in [6.45, 7) is 5.31. The summed E-state index contributed by atoms with van der Waals surface area (Å²) in [5, 5.41) is 6.82. The van der Waals surface area contributed by atoms with Crippen molar-refractivity contribution >= 4 is 17.6 Å². The molecule has 0 aromatic heterocycles. The Kier molecular flexibility index (Phi) is 8.95. The van der Waals surface area contributed by atoms with Crippen molar-refractivity contribution in [1.29, 1.82) is 0 Å². The van der Waals surface area contributed by atoms with E-state index >= 15 is 0 Å². The second-order valence-electron chi connectivity index (χ2n) is 7.04. The van der Waals surface area contributed by atoms with Gasteiger partial charge in [-0.05, 0) is 50.3 Å². The third-order valence-electron chi connectivity index (χ3n) is 5.00. The Labute approximate surface area is 163 Å². The number of guanidine groups is 1. The van der Waals surface area contributed by atoms with E-state index < -0.39 is 0 Å². The van der Waals surface area contributed by atoms with Gasteiger partial charge in [0.15, 0.2) is 5.96 Å². The van der Waals surface area contributed by atoms with E-state index in [0.717, 1.165) is 44.9 Å². The Bertz CT molecular complexity index is 612. The average molecular weight is 375 g/mol. The maximum Gasteiger partial charge on any atom is 0.305 e. The maximum atomic E-state index is 11.1. The molecule has 150 valence electrons. The van der Waals surface area contributed by atoms with Gasteiger partial charge >= 0.3 is 5.97 Å². The highest BCUT2D eigenvalue weighted by molar-refractivity contribution is 5.80. The SMILES string of the molecule is CN=C(NCCCCCC(=O)OC)NC(C)c1cccc(N2CCCC2)c1. The number of benzene rings is 1. The fraction of sp³-hybridized carbons (Fsp3) is 0.619. The maximum absolute atomic E-state index is 11.1. The summed E-state index contributed by atoms with van der Waals surface area (Å²) in [5.74, 6) is 0.674. The minimum atomic E-state index is -0.134. The lowest BCUT2D eigenvalue weighted by Crippen LogP contribution is -2.39. The van der Waals surface area contributed by atoms with Gasteiger partial charge in [-0.15, -0.1) is 0 Å². The molecule has 6 nitrogen and oxygen atoms in total. The molecule has 2 rings (SSSR count). The van der Waals surface area contributed by atoms with Crippen LogP contribution in [0, 0.1) is 0 Å². The number of unbranched alkanes of at least 4 members (excludes halogenated alkanes) is 2. The quantitative estimate of drug-likeness (QED) is 0.301. The molecule has 1 atom stereocenters. The summed E-state index contributed by atoms with van der Waals surface area (Å²) in [6.07, 6.45) is 5.92. The molecule has 0 aliphatic carbocycles. The molecule has 1 aromatic rings. The normalized spacial score (nSPS) is 15.5. The fourth-order valence-electron chi connectivity index (χ4n) is 3.33. The molecule has 0 radical (unpaired) electrons. The molecular weight excluding hydrogens is 340 g/mol. The van der Waals surface area contributed by atoms with E-state index in [2.05, 4.69) is 56.5 Å². The van der Waals surface area contributed by atoms with Gasteiger partial charge < -0.3 is 20.3 Å². The van der Waals surface area contributed by atoms with Crippen LogP contribution >= 0.6 is 0 Å². The van der Waals surface area contributed by atoms with E-state index in [1.165, 1.54) is 31.2 Å². The lowest BCUT2D eigenvalue weighted by atomic mass is 10.1. The molecule has 1 saturated heterocycles. The first-order valence-electron chi connectivity index (χ1n) is 10.0. The molecule has 1 fully saturated rings. The standard InChI is InChI=1S/C21H34N4O2/c1-17(18-10-9-11-19(16-18)25-14-7-8-15-25)24-21(22-2)23-13-6-4-5-12-20(26)27-3/h9-11,16-17H,4-8,12-15H2,1-3H3,(H2,22,23,24). The Morgan fingerprint density at radius 2 is 2.04 bits per heavy atom. The van der Waals surface area contributed by atoms with Crippen molar-refractivity contribution < 1.29 is 9.53 Å². The minimum Gasteiger partial charge on any atom is -0.469 e. The predicted molar refractivity (Wildman–Crippen MR) is 111 cm³/mol. The first-order chi connectivity index (χ1) is 13.1. The smallest absolute Gasteiger partial charge is 0.305 e. The number of rotatable bonds is 9. The second-order valence-corrected chi connectivity index (χ2v) is 7.04. The molecule has 1 aliphatic heterocycles. The third-order valence-corrected chi connectivity index (χ3v) is 5.00. The third kappa shape index (κ3) is 7.12. The van der Waals surface area contributed by atoms with Crippen molar-refractivity contribution in [3.8, 4) is 0 Å². The van der Waals surface area contributed by atoms with Crippen molar-refractivity contribution in [2.24, 2.45) is 4.99 Å². The number of hydrogen-bond acceptors (Lipinski definition) is 4. The highest BCUT2D eigenvalue weighted by atomic mass is 16.5. The summed E-state index contributed by atoms with van der Waals surface area (Å²) in [6, 6.07) is 8.96. The van der Waals surface area contributed by atoms with Crippen LogP contribution < -0.4 is 15.5 Å². The Morgan fingerprint density at radius 3 is 2.74 bits per heavy atom. The molecule has 0 saturated carbocycles. The number of hydrogen-bond donors (Lipinski definition) is 2. The van der Waals surface area contributed by atoms with E-state index in [0.29, 0.717) is 6.42 Å². The molecule has 1 aliphatic rings. The van der Waals surface area contributed by atoms with Crippen molar-refractivity contribution in [1.82, 2.24) is 10.6 Å². The molecule has 0 bridgehead atoms. The van der Waals surface area contributed by atoms with Gasteiger partial charge in [0.05, 0.1) is 13.2 Å². The topological polar surface area (TPSA) is 66.0 Å². The Hall–Kier alpha value is -2.24. The van der Waals surface area contributed by atoms with Gasteiger partial charge in [-0.1, -0.05) is 18.6 Å². The van der Waals surface area contributed by atoms with Crippen LogP contribution in [0.2, 0.25) is 0 Å². The Morgan fingerprint density at radius 1 is 1.26 bits per heavy atom. The van der Waals surface area contributed by atoms with Gasteiger partial charge in [0, 0.05) is 38.8 Å². The zero-order chi connectivity index (χ0) is 19.5. The lowest BCUT2D eigenvalue weighted by Gasteiger charge is -2.22. The van der Waals surface area contributed by atoms with E-state index in [1.54, 1.807) is 7.05 Å². The van der Waals surface area contributed by atoms with E-state index in [9.17, 15) is 4.79 Å². The number of aliphatic imine (C=N–C) groups is 1.